The summed E-state index contributed by atoms with van der Waals surface area (Å²) in [6.07, 6.45) is -0.954. The van der Waals surface area contributed by atoms with Gasteiger partial charge in [-0.05, 0) is 34.8 Å². The summed E-state index contributed by atoms with van der Waals surface area (Å²) >= 11 is 0. The summed E-state index contributed by atoms with van der Waals surface area (Å²) in [4.78, 5) is 0. The second-order valence-electron chi connectivity index (χ2n) is 12.5. The van der Waals surface area contributed by atoms with Gasteiger partial charge in [0.25, 0.3) is 0 Å². The van der Waals surface area contributed by atoms with Crippen LogP contribution in [0, 0.1) is 0 Å². The summed E-state index contributed by atoms with van der Waals surface area (Å²) < 4.78 is 39.6. The molecule has 7 heteroatoms. The Hall–Kier alpha value is -2.62. The Balaban J connectivity index is 1.66. The smallest absolute Gasteiger partial charge is 0.192 e. The maximum atomic E-state index is 6.73. The maximum absolute atomic E-state index is 6.73. The molecule has 0 unspecified atom stereocenters. The van der Waals surface area contributed by atoms with E-state index in [9.17, 15) is 0 Å². The van der Waals surface area contributed by atoms with Gasteiger partial charge in [-0.15, -0.1) is 6.58 Å². The quantitative estimate of drug-likeness (QED) is 0.131. The molecule has 0 aromatic heterocycles. The summed E-state index contributed by atoms with van der Waals surface area (Å²) in [6.45, 7) is 16.9. The van der Waals surface area contributed by atoms with Crippen LogP contribution in [0.25, 0.3) is 0 Å². The van der Waals surface area contributed by atoms with Crippen LogP contribution in [0.2, 0.25) is 18.1 Å². The zero-order chi connectivity index (χ0) is 30.7. The molecule has 0 spiro atoms. The largest absolute Gasteiger partial charge is 0.414 e. The predicted molar refractivity (Wildman–Crippen MR) is 173 cm³/mol. The molecule has 0 aliphatic carbocycles. The topological polar surface area (TPSA) is 55.4 Å². The first-order valence-corrected chi connectivity index (χ1v) is 18.1. The van der Waals surface area contributed by atoms with Crippen LogP contribution in [0.1, 0.15) is 37.5 Å². The molecule has 232 valence electrons. The van der Waals surface area contributed by atoms with Gasteiger partial charge in [-0.25, -0.2) is 0 Å². The van der Waals surface area contributed by atoms with E-state index in [0.29, 0.717) is 33.0 Å². The molecular weight excluding hydrogens is 556 g/mol. The second-order valence-corrected chi connectivity index (χ2v) is 17.3. The van der Waals surface area contributed by atoms with Gasteiger partial charge in [0.15, 0.2) is 14.6 Å². The van der Waals surface area contributed by atoms with Crippen molar-refractivity contribution in [1.82, 2.24) is 0 Å². The Morgan fingerprint density at radius 3 is 1.56 bits per heavy atom. The Labute approximate surface area is 259 Å². The first-order chi connectivity index (χ1) is 20.7. The molecule has 1 aliphatic rings. The SMILES string of the molecule is C=CCO[C@H]1O[C@H](CO[Si](C)(C)C(C)(C)C)[C@@H](OCc2ccccc2)[C@@H](OCc2ccccc2)[C@@H]1OCc1ccccc1. The molecule has 1 saturated heterocycles. The van der Waals surface area contributed by atoms with E-state index in [-0.39, 0.29) is 5.04 Å². The molecule has 1 aliphatic heterocycles. The highest BCUT2D eigenvalue weighted by Crippen LogP contribution is 2.38. The fourth-order valence-corrected chi connectivity index (χ4v) is 5.70. The molecule has 0 radical (unpaired) electrons. The molecule has 4 rings (SSSR count). The van der Waals surface area contributed by atoms with Gasteiger partial charge in [-0.3, -0.25) is 0 Å². The fourth-order valence-electron chi connectivity index (χ4n) is 4.68. The normalized spacial score (nSPS) is 22.8. The lowest BCUT2D eigenvalue weighted by Crippen LogP contribution is -2.62. The molecule has 0 saturated carbocycles. The van der Waals surface area contributed by atoms with Crippen molar-refractivity contribution >= 4 is 8.32 Å². The first-order valence-electron chi connectivity index (χ1n) is 15.2. The monoisotopic (exact) mass is 604 g/mol. The van der Waals surface area contributed by atoms with Crippen LogP contribution in [0.15, 0.2) is 104 Å². The van der Waals surface area contributed by atoms with Crippen molar-refractivity contribution in [2.45, 2.75) is 89.4 Å². The second kappa shape index (κ2) is 15.9. The predicted octanol–water partition coefficient (Wildman–Crippen LogP) is 7.69. The van der Waals surface area contributed by atoms with E-state index in [1.165, 1.54) is 0 Å². The van der Waals surface area contributed by atoms with Crippen LogP contribution >= 0.6 is 0 Å². The van der Waals surface area contributed by atoms with Gasteiger partial charge in [0.2, 0.25) is 0 Å². The van der Waals surface area contributed by atoms with Gasteiger partial charge in [0, 0.05) is 0 Å². The number of rotatable bonds is 15. The third-order valence-corrected chi connectivity index (χ3v) is 12.7. The highest BCUT2D eigenvalue weighted by molar-refractivity contribution is 6.74. The van der Waals surface area contributed by atoms with Crippen molar-refractivity contribution in [3.63, 3.8) is 0 Å². The van der Waals surface area contributed by atoms with E-state index in [4.69, 9.17) is 28.1 Å². The molecule has 1 fully saturated rings. The van der Waals surface area contributed by atoms with Crippen molar-refractivity contribution in [2.75, 3.05) is 13.2 Å². The van der Waals surface area contributed by atoms with Gasteiger partial charge in [0.1, 0.15) is 24.4 Å². The number of hydrogen-bond acceptors (Lipinski definition) is 6. The van der Waals surface area contributed by atoms with Crippen LogP contribution in [-0.2, 0) is 47.9 Å². The summed E-state index contributed by atoms with van der Waals surface area (Å²) in [5, 5.41) is 0.0470. The van der Waals surface area contributed by atoms with Crippen molar-refractivity contribution < 1.29 is 28.1 Å². The molecule has 5 atom stereocenters. The van der Waals surface area contributed by atoms with Crippen molar-refractivity contribution in [1.29, 1.82) is 0 Å². The van der Waals surface area contributed by atoms with Gasteiger partial charge < -0.3 is 28.1 Å². The number of benzene rings is 3. The minimum Gasteiger partial charge on any atom is -0.414 e. The van der Waals surface area contributed by atoms with Crippen LogP contribution in [0.5, 0.6) is 0 Å². The molecule has 1 heterocycles. The Morgan fingerprint density at radius 1 is 0.674 bits per heavy atom. The van der Waals surface area contributed by atoms with Crippen molar-refractivity contribution in [3.8, 4) is 0 Å². The average molecular weight is 605 g/mol. The van der Waals surface area contributed by atoms with E-state index in [1.807, 2.05) is 66.7 Å². The minimum atomic E-state index is -2.09. The molecule has 0 amide bonds. The van der Waals surface area contributed by atoms with E-state index < -0.39 is 39.0 Å². The highest BCUT2D eigenvalue weighted by atomic mass is 28.4. The summed E-state index contributed by atoms with van der Waals surface area (Å²) in [6, 6.07) is 30.4. The molecular formula is C36H48O6Si. The van der Waals surface area contributed by atoms with Gasteiger partial charge >= 0.3 is 0 Å². The minimum absolute atomic E-state index is 0.0470. The number of ether oxygens (including phenoxy) is 5. The van der Waals surface area contributed by atoms with E-state index in [0.717, 1.165) is 16.7 Å². The van der Waals surface area contributed by atoms with Crippen LogP contribution < -0.4 is 0 Å². The standard InChI is InChI=1S/C36H48O6Si/c1-7-23-37-35-34(40-26-30-21-15-10-16-22-30)33(39-25-29-19-13-9-14-20-29)32(38-24-28-17-11-8-12-18-28)31(42-35)27-41-43(5,6)36(2,3)4/h7-22,31-35H,1,23-27H2,2-6H3/t31-,32-,33-,34+,35+/m1/s1. The third-order valence-electron chi connectivity index (χ3n) is 8.24. The lowest BCUT2D eigenvalue weighted by molar-refractivity contribution is -0.324. The molecule has 3 aromatic rings. The van der Waals surface area contributed by atoms with Crippen LogP contribution in [0.4, 0.5) is 0 Å². The van der Waals surface area contributed by atoms with Crippen molar-refractivity contribution in [3.05, 3.63) is 120 Å². The summed E-state index contributed by atoms with van der Waals surface area (Å²) in [5.74, 6) is 0. The zero-order valence-electron chi connectivity index (χ0n) is 26.3. The Bertz CT molecular complexity index is 1210. The lowest BCUT2D eigenvalue weighted by Gasteiger charge is -2.47. The van der Waals surface area contributed by atoms with Crippen LogP contribution in [0.3, 0.4) is 0 Å². The molecule has 3 aromatic carbocycles. The zero-order valence-corrected chi connectivity index (χ0v) is 27.3. The summed E-state index contributed by atoms with van der Waals surface area (Å²) in [5.41, 5.74) is 3.19. The van der Waals surface area contributed by atoms with Gasteiger partial charge in [0.05, 0.1) is 33.0 Å². The number of hydrogen-bond donors (Lipinski definition) is 0. The van der Waals surface area contributed by atoms with Crippen molar-refractivity contribution in [2.24, 2.45) is 0 Å². The van der Waals surface area contributed by atoms with Crippen LogP contribution in [-0.4, -0.2) is 52.2 Å². The fraction of sp³-hybridized carbons (Fsp3) is 0.444. The van der Waals surface area contributed by atoms with E-state index >= 15 is 0 Å². The van der Waals surface area contributed by atoms with E-state index in [1.54, 1.807) is 6.08 Å². The molecule has 43 heavy (non-hydrogen) atoms. The maximum Gasteiger partial charge on any atom is 0.192 e. The molecule has 6 nitrogen and oxygen atoms in total. The summed E-state index contributed by atoms with van der Waals surface area (Å²) in [7, 11) is -2.09. The molecule has 0 N–H and O–H groups in total. The third kappa shape index (κ3) is 9.68. The van der Waals surface area contributed by atoms with Gasteiger partial charge in [-0.2, -0.15) is 0 Å². The Morgan fingerprint density at radius 2 is 1.12 bits per heavy atom. The first kappa shape index (κ1) is 33.3. The average Bonchev–Trinajstić information content (AvgIpc) is 3.01. The highest BCUT2D eigenvalue weighted by Gasteiger charge is 2.50. The lowest BCUT2D eigenvalue weighted by atomic mass is 9.98. The Kier molecular flexibility index (Phi) is 12.3. The van der Waals surface area contributed by atoms with Gasteiger partial charge in [-0.1, -0.05) is 118 Å². The van der Waals surface area contributed by atoms with E-state index in [2.05, 4.69) is 64.7 Å². The molecule has 0 bridgehead atoms.